The van der Waals surface area contributed by atoms with Crippen LogP contribution in [-0.2, 0) is 19.1 Å². The summed E-state index contributed by atoms with van der Waals surface area (Å²) in [5, 5.41) is 0. The summed E-state index contributed by atoms with van der Waals surface area (Å²) in [6.45, 7) is 0.808. The Morgan fingerprint density at radius 1 is 0.750 bits per heavy atom. The molecule has 2 fully saturated rings. The Hall–Kier alpha value is -5.37. The van der Waals surface area contributed by atoms with Crippen LogP contribution in [0.25, 0.3) is 6.08 Å². The van der Waals surface area contributed by atoms with Crippen LogP contribution >= 0.6 is 0 Å². The molecular weight excluding hydrogens is 556 g/mol. The third-order valence-electron chi connectivity index (χ3n) is 8.88. The van der Waals surface area contributed by atoms with Crippen LogP contribution in [0.15, 0.2) is 109 Å². The van der Waals surface area contributed by atoms with Gasteiger partial charge >= 0.3 is 5.97 Å². The molecule has 0 N–H and O–H groups in total. The number of hydrogen-bond donors (Lipinski definition) is 0. The summed E-state index contributed by atoms with van der Waals surface area (Å²) in [7, 11) is 0. The van der Waals surface area contributed by atoms with Crippen LogP contribution in [0.3, 0.4) is 0 Å². The molecule has 8 nitrogen and oxygen atoms in total. The second-order valence-electron chi connectivity index (χ2n) is 11.3. The molecule has 0 radical (unpaired) electrons. The van der Waals surface area contributed by atoms with Gasteiger partial charge in [-0.15, -0.1) is 0 Å². The number of hydrogen-bond acceptors (Lipinski definition) is 7. The Bertz CT molecular complexity index is 1770. The van der Waals surface area contributed by atoms with Gasteiger partial charge in [0, 0.05) is 11.8 Å². The van der Waals surface area contributed by atoms with E-state index >= 15 is 0 Å². The van der Waals surface area contributed by atoms with Crippen molar-refractivity contribution in [2.45, 2.75) is 18.2 Å². The fourth-order valence-corrected chi connectivity index (χ4v) is 6.98. The van der Waals surface area contributed by atoms with Crippen molar-refractivity contribution in [1.82, 2.24) is 0 Å². The van der Waals surface area contributed by atoms with Crippen LogP contribution in [0.4, 0.5) is 11.4 Å². The summed E-state index contributed by atoms with van der Waals surface area (Å²) in [5.74, 6) is -2.03. The zero-order valence-electron chi connectivity index (χ0n) is 23.6. The van der Waals surface area contributed by atoms with Crippen LogP contribution in [0, 0.1) is 11.8 Å². The van der Waals surface area contributed by atoms with Crippen LogP contribution in [0.5, 0.6) is 11.5 Å². The minimum absolute atomic E-state index is 0.353. The highest BCUT2D eigenvalue weighted by atomic mass is 16.6. The molecule has 8 heteroatoms. The molecule has 4 atom stereocenters. The fourth-order valence-electron chi connectivity index (χ4n) is 6.98. The highest BCUT2D eigenvalue weighted by Crippen LogP contribution is 2.50. The molecule has 218 valence electrons. The van der Waals surface area contributed by atoms with Gasteiger partial charge in [-0.05, 0) is 34.9 Å². The minimum Gasteiger partial charge on any atom is -0.486 e. The molecule has 4 aliphatic heterocycles. The first kappa shape index (κ1) is 26.3. The molecule has 2 saturated heterocycles. The first-order valence-corrected chi connectivity index (χ1v) is 14.7. The van der Waals surface area contributed by atoms with Gasteiger partial charge in [-0.25, -0.2) is 9.69 Å². The smallest absolute Gasteiger partial charge is 0.330 e. The van der Waals surface area contributed by atoms with Crippen LogP contribution in [0.1, 0.15) is 22.8 Å². The van der Waals surface area contributed by atoms with Crippen molar-refractivity contribution in [2.75, 3.05) is 23.0 Å². The van der Waals surface area contributed by atoms with Gasteiger partial charge in [0.05, 0.1) is 23.6 Å². The van der Waals surface area contributed by atoms with E-state index in [9.17, 15) is 14.4 Å². The second-order valence-corrected chi connectivity index (χ2v) is 11.3. The van der Waals surface area contributed by atoms with Gasteiger partial charge in [0.2, 0.25) is 11.8 Å². The molecule has 4 unspecified atom stereocenters. The predicted octanol–water partition coefficient (Wildman–Crippen LogP) is 5.18. The molecular formula is C36H28N2O6. The zero-order valence-corrected chi connectivity index (χ0v) is 23.6. The van der Waals surface area contributed by atoms with Crippen molar-refractivity contribution >= 4 is 35.2 Å². The maximum atomic E-state index is 14.5. The lowest BCUT2D eigenvalue weighted by Crippen LogP contribution is -2.49. The molecule has 0 aliphatic carbocycles. The highest BCUT2D eigenvalue weighted by Gasteiger charge is 2.65. The maximum Gasteiger partial charge on any atom is 0.330 e. The molecule has 4 aromatic carbocycles. The van der Waals surface area contributed by atoms with E-state index in [1.807, 2.05) is 102 Å². The van der Waals surface area contributed by atoms with Gasteiger partial charge in [-0.2, -0.15) is 0 Å². The van der Waals surface area contributed by atoms with Gasteiger partial charge in [0.1, 0.15) is 19.3 Å². The SMILES string of the molecule is O=C(OC(c1ccccc1)c1ccccc1)C1C2C(=O)N(c3ccc4c(c3)OCCO4)C(=O)C2C2C=Cc3ccccc3N21. The summed E-state index contributed by atoms with van der Waals surface area (Å²) < 4.78 is 17.7. The van der Waals surface area contributed by atoms with E-state index in [4.69, 9.17) is 14.2 Å². The van der Waals surface area contributed by atoms with Crippen molar-refractivity contribution in [3.63, 3.8) is 0 Å². The van der Waals surface area contributed by atoms with E-state index in [0.29, 0.717) is 30.4 Å². The number of para-hydroxylation sites is 1. The molecule has 4 aromatic rings. The van der Waals surface area contributed by atoms with Gasteiger partial charge in [-0.3, -0.25) is 9.59 Å². The number of rotatable bonds is 5. The summed E-state index contributed by atoms with van der Waals surface area (Å²) in [6.07, 6.45) is 3.19. The molecule has 0 aromatic heterocycles. The van der Waals surface area contributed by atoms with Crippen molar-refractivity contribution < 1.29 is 28.6 Å². The summed E-state index contributed by atoms with van der Waals surface area (Å²) in [5.41, 5.74) is 3.71. The van der Waals surface area contributed by atoms with Crippen molar-refractivity contribution in [1.29, 1.82) is 0 Å². The van der Waals surface area contributed by atoms with E-state index in [1.54, 1.807) is 18.2 Å². The monoisotopic (exact) mass is 584 g/mol. The maximum absolute atomic E-state index is 14.5. The van der Waals surface area contributed by atoms with Crippen molar-refractivity contribution in [2.24, 2.45) is 11.8 Å². The van der Waals surface area contributed by atoms with Gasteiger partial charge < -0.3 is 19.1 Å². The first-order valence-electron chi connectivity index (χ1n) is 14.7. The number of fused-ring (bicyclic) bond motifs is 6. The molecule has 4 heterocycles. The third-order valence-corrected chi connectivity index (χ3v) is 8.88. The summed E-state index contributed by atoms with van der Waals surface area (Å²) in [4.78, 5) is 46.1. The van der Waals surface area contributed by atoms with Crippen molar-refractivity contribution in [3.8, 4) is 11.5 Å². The number of anilines is 2. The van der Waals surface area contributed by atoms with Gasteiger partial charge in [0.25, 0.3) is 0 Å². The first-order chi connectivity index (χ1) is 21.6. The van der Waals surface area contributed by atoms with Crippen LogP contribution < -0.4 is 19.3 Å². The average Bonchev–Trinajstić information content (AvgIpc) is 3.56. The Labute approximate surface area is 254 Å². The molecule has 0 bridgehead atoms. The molecule has 2 amide bonds. The number of carbonyl (C=O) groups excluding carboxylic acids is 3. The van der Waals surface area contributed by atoms with Gasteiger partial charge in [0.15, 0.2) is 17.6 Å². The number of benzene rings is 4. The quantitative estimate of drug-likeness (QED) is 0.236. The topological polar surface area (TPSA) is 85.4 Å². The van der Waals surface area contributed by atoms with E-state index in [2.05, 4.69) is 0 Å². The van der Waals surface area contributed by atoms with Crippen molar-refractivity contribution in [3.05, 3.63) is 126 Å². The molecule has 44 heavy (non-hydrogen) atoms. The number of esters is 1. The largest absolute Gasteiger partial charge is 0.486 e. The third kappa shape index (κ3) is 4.09. The molecule has 4 aliphatic rings. The highest BCUT2D eigenvalue weighted by molar-refractivity contribution is 6.24. The van der Waals surface area contributed by atoms with E-state index in [-0.39, 0.29) is 5.91 Å². The number of nitrogens with zero attached hydrogens (tertiary/aromatic N) is 2. The Morgan fingerprint density at radius 3 is 2.11 bits per heavy atom. The van der Waals surface area contributed by atoms with Crippen LogP contribution in [0.2, 0.25) is 0 Å². The lowest BCUT2D eigenvalue weighted by atomic mass is 9.88. The van der Waals surface area contributed by atoms with E-state index < -0.39 is 41.9 Å². The molecule has 0 spiro atoms. The number of carbonyl (C=O) groups is 3. The van der Waals surface area contributed by atoms with Crippen LogP contribution in [-0.4, -0.2) is 43.1 Å². The summed E-state index contributed by atoms with van der Waals surface area (Å²) >= 11 is 0. The molecule has 8 rings (SSSR count). The lowest BCUT2D eigenvalue weighted by Gasteiger charge is -2.36. The zero-order chi connectivity index (χ0) is 29.8. The lowest BCUT2D eigenvalue weighted by molar-refractivity contribution is -0.151. The number of amides is 2. The minimum atomic E-state index is -1.02. The average molecular weight is 585 g/mol. The van der Waals surface area contributed by atoms with E-state index in [0.717, 1.165) is 22.4 Å². The summed E-state index contributed by atoms with van der Waals surface area (Å²) in [6, 6.07) is 30.3. The number of imide groups is 1. The fraction of sp³-hybridized carbons (Fsp3) is 0.194. The normalized spacial score (nSPS) is 22.9. The Morgan fingerprint density at radius 2 is 1.39 bits per heavy atom. The molecule has 0 saturated carbocycles. The Kier molecular flexibility index (Phi) is 6.22. The number of ether oxygens (including phenoxy) is 3. The Balaban J connectivity index is 1.21. The van der Waals surface area contributed by atoms with Gasteiger partial charge in [-0.1, -0.05) is 91.0 Å². The predicted molar refractivity (Wildman–Crippen MR) is 163 cm³/mol. The van der Waals surface area contributed by atoms with E-state index in [1.165, 1.54) is 4.90 Å². The second kappa shape index (κ2) is 10.4. The standard InChI is InChI=1S/C36H28N2O6/c39-34-30-27-17-15-22-9-7-8-14-26(22)38(27)32(31(30)35(40)37(34)25-16-18-28-29(21-25)43-20-19-42-28)36(41)44-33(23-10-3-1-4-11-23)24-12-5-2-6-13-24/h1-18,21,27,30-33H,19-20H2.